The number of carbonyl (C=O) groups excluding carboxylic acids is 1. The second kappa shape index (κ2) is 12.4. The van der Waals surface area contributed by atoms with Gasteiger partial charge in [-0.3, -0.25) is 9.79 Å². The van der Waals surface area contributed by atoms with Gasteiger partial charge in [-0.2, -0.15) is 9.65 Å². The van der Waals surface area contributed by atoms with Crippen molar-refractivity contribution in [3.63, 3.8) is 0 Å². The number of carbonyl (C=O) groups is 1. The van der Waals surface area contributed by atoms with E-state index in [4.69, 9.17) is 14.7 Å². The zero-order valence-corrected chi connectivity index (χ0v) is 21.9. The van der Waals surface area contributed by atoms with Crippen LogP contribution in [0.1, 0.15) is 24.0 Å². The smallest absolute Gasteiger partial charge is 0.305 e. The Balaban J connectivity index is 1.62. The number of pyridine rings is 1. The fraction of sp³-hybridized carbons (Fsp3) is 0.259. The van der Waals surface area contributed by atoms with Crippen LogP contribution in [0.2, 0.25) is 0 Å². The molecule has 0 bridgehead atoms. The maximum absolute atomic E-state index is 15.4. The predicted octanol–water partition coefficient (Wildman–Crippen LogP) is 5.26. The summed E-state index contributed by atoms with van der Waals surface area (Å²) in [5.41, 5.74) is 0.696. The van der Waals surface area contributed by atoms with Gasteiger partial charge in [-0.25, -0.2) is 9.37 Å². The van der Waals surface area contributed by atoms with Crippen LogP contribution in [0.5, 0.6) is 28.9 Å². The highest BCUT2D eigenvalue weighted by atomic mass is 32.2. The Labute approximate surface area is 227 Å². The predicted molar refractivity (Wildman–Crippen MR) is 140 cm³/mol. The van der Waals surface area contributed by atoms with Gasteiger partial charge in [-0.05, 0) is 42.5 Å². The molecule has 0 saturated carbocycles. The number of aromatic nitrogens is 1. The van der Waals surface area contributed by atoms with Crippen molar-refractivity contribution < 1.29 is 32.9 Å². The van der Waals surface area contributed by atoms with Crippen molar-refractivity contribution in [2.24, 2.45) is 4.99 Å². The summed E-state index contributed by atoms with van der Waals surface area (Å²) in [5.74, 6) is -3.14. The van der Waals surface area contributed by atoms with Crippen LogP contribution in [-0.2, 0) is 9.53 Å². The highest BCUT2D eigenvalue weighted by Crippen LogP contribution is 2.38. The molecule has 2 heterocycles. The Bertz CT molecular complexity index is 1460. The molecule has 0 atom stereocenters. The van der Waals surface area contributed by atoms with E-state index in [-0.39, 0.29) is 28.8 Å². The van der Waals surface area contributed by atoms with Gasteiger partial charge in [0.1, 0.15) is 11.6 Å². The minimum absolute atomic E-state index is 0.158. The normalized spacial score (nSPS) is 12.6. The zero-order valence-electron chi connectivity index (χ0n) is 21.1. The molecule has 0 amide bonds. The molecular formula is C27H24F2N4O5S. The van der Waals surface area contributed by atoms with Crippen LogP contribution in [0.15, 0.2) is 52.5 Å². The summed E-state index contributed by atoms with van der Waals surface area (Å²) >= 11 is 1.51. The van der Waals surface area contributed by atoms with E-state index in [1.165, 1.54) is 37.1 Å². The number of halogens is 2. The molecule has 0 radical (unpaired) electrons. The summed E-state index contributed by atoms with van der Waals surface area (Å²) in [4.78, 5) is 22.3. The number of aromatic hydroxyl groups is 1. The van der Waals surface area contributed by atoms with Crippen LogP contribution in [0.25, 0.3) is 0 Å². The van der Waals surface area contributed by atoms with E-state index >= 15 is 4.39 Å². The number of aliphatic imine (C=N–C) groups is 1. The van der Waals surface area contributed by atoms with Gasteiger partial charge in [0.25, 0.3) is 5.88 Å². The number of methoxy groups -OCH3 is 1. The number of nitrogens with zero attached hydrogens (tertiary/aromatic N) is 4. The summed E-state index contributed by atoms with van der Waals surface area (Å²) in [7, 11) is 3.20. The topological polar surface area (TPSA) is 117 Å². The number of phenolic OH excluding ortho intramolecular Hbond substituents is 1. The minimum atomic E-state index is -1.23. The summed E-state index contributed by atoms with van der Waals surface area (Å²) in [6.07, 6.45) is 1.66. The van der Waals surface area contributed by atoms with Gasteiger partial charge in [-0.1, -0.05) is 0 Å². The van der Waals surface area contributed by atoms with Crippen LogP contribution < -0.4 is 9.47 Å². The number of thioether (sulfide) groups is 1. The van der Waals surface area contributed by atoms with Crippen molar-refractivity contribution in [2.45, 2.75) is 17.7 Å². The number of amidine groups is 1. The monoisotopic (exact) mass is 554 g/mol. The van der Waals surface area contributed by atoms with Gasteiger partial charge in [-0.15, -0.1) is 11.8 Å². The van der Waals surface area contributed by atoms with Crippen molar-refractivity contribution >= 4 is 23.6 Å². The van der Waals surface area contributed by atoms with Crippen molar-refractivity contribution in [1.82, 2.24) is 9.88 Å². The molecule has 1 aliphatic heterocycles. The summed E-state index contributed by atoms with van der Waals surface area (Å²) < 4.78 is 45.9. The molecule has 0 aliphatic carbocycles. The van der Waals surface area contributed by atoms with Gasteiger partial charge in [0.05, 0.1) is 37.0 Å². The molecule has 0 fully saturated rings. The number of esters is 1. The molecule has 3 aromatic rings. The Morgan fingerprint density at radius 3 is 2.74 bits per heavy atom. The van der Waals surface area contributed by atoms with Crippen LogP contribution in [0, 0.1) is 23.0 Å². The SMILES string of the molecule is COC(=O)CCCSc1ccc(Oc2c(F)cnc(Oc3cc(C#N)ccc3O)c2F)c(C2=NCCN2C)c1. The molecule has 0 spiro atoms. The molecule has 0 unspecified atom stereocenters. The maximum atomic E-state index is 15.4. The number of nitriles is 1. The first kappa shape index (κ1) is 27.7. The molecule has 2 aromatic carbocycles. The number of benzene rings is 2. The highest BCUT2D eigenvalue weighted by molar-refractivity contribution is 7.99. The van der Waals surface area contributed by atoms with Crippen LogP contribution in [0.3, 0.4) is 0 Å². The molecule has 4 rings (SSSR count). The number of rotatable bonds is 10. The lowest BCUT2D eigenvalue weighted by Crippen LogP contribution is -2.24. The number of phenols is 1. The molecule has 1 aliphatic rings. The Hall–Kier alpha value is -4.37. The molecule has 12 heteroatoms. The van der Waals surface area contributed by atoms with Crippen molar-refractivity contribution in [3.05, 3.63) is 65.4 Å². The summed E-state index contributed by atoms with van der Waals surface area (Å²) in [5, 5.41) is 19.1. The number of hydrogen-bond donors (Lipinski definition) is 1. The average Bonchev–Trinajstić information content (AvgIpc) is 3.37. The average molecular weight is 555 g/mol. The third-order valence-corrected chi connectivity index (χ3v) is 6.76. The Morgan fingerprint density at radius 1 is 1.21 bits per heavy atom. The zero-order chi connectivity index (χ0) is 27.9. The first-order valence-electron chi connectivity index (χ1n) is 11.8. The second-order valence-corrected chi connectivity index (χ2v) is 9.53. The fourth-order valence-electron chi connectivity index (χ4n) is 3.67. The van der Waals surface area contributed by atoms with E-state index in [9.17, 15) is 14.3 Å². The van der Waals surface area contributed by atoms with Crippen LogP contribution in [-0.4, -0.2) is 59.8 Å². The van der Waals surface area contributed by atoms with E-state index in [2.05, 4.69) is 14.7 Å². The number of hydrogen-bond acceptors (Lipinski definition) is 10. The van der Waals surface area contributed by atoms with Crippen molar-refractivity contribution in [2.75, 3.05) is 33.0 Å². The fourth-order valence-corrected chi connectivity index (χ4v) is 4.56. The molecule has 39 heavy (non-hydrogen) atoms. The minimum Gasteiger partial charge on any atom is -0.504 e. The number of likely N-dealkylation sites (N-methyl/N-ethyl adjacent to an activating group) is 1. The van der Waals surface area contributed by atoms with E-state index in [0.29, 0.717) is 43.1 Å². The molecule has 202 valence electrons. The van der Waals surface area contributed by atoms with Gasteiger partial charge < -0.3 is 24.2 Å². The quantitative estimate of drug-likeness (QED) is 0.203. The largest absolute Gasteiger partial charge is 0.504 e. The first-order valence-corrected chi connectivity index (χ1v) is 12.8. The van der Waals surface area contributed by atoms with Crippen LogP contribution in [0.4, 0.5) is 8.78 Å². The highest BCUT2D eigenvalue weighted by Gasteiger charge is 2.24. The van der Waals surface area contributed by atoms with Gasteiger partial charge in [0.2, 0.25) is 11.6 Å². The van der Waals surface area contributed by atoms with E-state index in [1.54, 1.807) is 12.1 Å². The van der Waals surface area contributed by atoms with Crippen LogP contribution >= 0.6 is 11.8 Å². The lowest BCUT2D eigenvalue weighted by atomic mass is 10.1. The lowest BCUT2D eigenvalue weighted by molar-refractivity contribution is -0.140. The Kier molecular flexibility index (Phi) is 8.83. The van der Waals surface area contributed by atoms with Crippen molar-refractivity contribution in [1.29, 1.82) is 5.26 Å². The molecule has 9 nitrogen and oxygen atoms in total. The molecular weight excluding hydrogens is 530 g/mol. The third kappa shape index (κ3) is 6.56. The summed E-state index contributed by atoms with van der Waals surface area (Å²) in [6.45, 7) is 1.23. The van der Waals surface area contributed by atoms with Crippen molar-refractivity contribution in [3.8, 4) is 34.9 Å². The molecule has 1 N–H and O–H groups in total. The maximum Gasteiger partial charge on any atom is 0.305 e. The second-order valence-electron chi connectivity index (χ2n) is 8.37. The molecule has 0 saturated heterocycles. The van der Waals surface area contributed by atoms with Gasteiger partial charge in [0, 0.05) is 31.0 Å². The Morgan fingerprint density at radius 2 is 2.03 bits per heavy atom. The summed E-state index contributed by atoms with van der Waals surface area (Å²) in [6, 6.07) is 10.8. The van der Waals surface area contributed by atoms with E-state index in [0.717, 1.165) is 11.1 Å². The lowest BCUT2D eigenvalue weighted by Gasteiger charge is -2.19. The van der Waals surface area contributed by atoms with E-state index in [1.807, 2.05) is 24.1 Å². The van der Waals surface area contributed by atoms with E-state index < -0.39 is 23.3 Å². The standard InChI is InChI=1S/C27H24F2N4O5S/c1-33-10-9-31-26(33)18-13-17(39-11-3-4-23(35)36-2)6-8-21(18)37-25-19(28)15-32-27(24(25)29)38-22-12-16(14-30)5-7-20(22)34/h5-8,12-13,15,34H,3-4,9-11H2,1-2H3. The third-order valence-electron chi connectivity index (χ3n) is 5.68. The first-order chi connectivity index (χ1) is 18.8. The van der Waals surface area contributed by atoms with Gasteiger partial charge in [0.15, 0.2) is 17.3 Å². The number of ether oxygens (including phenoxy) is 3. The molecule has 1 aromatic heterocycles. The van der Waals surface area contributed by atoms with Gasteiger partial charge >= 0.3 is 5.97 Å².